The molecule has 2 aromatic rings. The number of carbonyl (C=O) groups is 2. The number of hydrazone groups is 1. The summed E-state index contributed by atoms with van der Waals surface area (Å²) < 4.78 is 0. The Balaban J connectivity index is 1.92. The molecule has 3 rings (SSSR count). The minimum Gasteiger partial charge on any atom is -0.291 e. The van der Waals surface area contributed by atoms with Gasteiger partial charge in [-0.3, -0.25) is 9.59 Å². The molecule has 0 saturated heterocycles. The number of amides is 1. The lowest BCUT2D eigenvalue weighted by Crippen LogP contribution is -2.33. The first-order valence-corrected chi connectivity index (χ1v) is 7.39. The smallest absolute Gasteiger partial charge is 0.264 e. The van der Waals surface area contributed by atoms with Gasteiger partial charge in [0.1, 0.15) is 17.7 Å². The van der Waals surface area contributed by atoms with Crippen LogP contribution in [0.1, 0.15) is 28.7 Å². The zero-order valence-electron chi connectivity index (χ0n) is 13.2. The number of pyridine rings is 1. The van der Waals surface area contributed by atoms with Gasteiger partial charge < -0.3 is 0 Å². The summed E-state index contributed by atoms with van der Waals surface area (Å²) in [5.41, 5.74) is 2.07. The molecule has 118 valence electrons. The molecule has 0 aliphatic carbocycles. The van der Waals surface area contributed by atoms with Crippen molar-refractivity contribution in [2.45, 2.75) is 13.8 Å². The molecule has 0 fully saturated rings. The molecule has 6 heteroatoms. The van der Waals surface area contributed by atoms with Crippen LogP contribution in [-0.2, 0) is 4.79 Å². The van der Waals surface area contributed by atoms with Crippen molar-refractivity contribution in [2.75, 3.05) is 5.01 Å². The van der Waals surface area contributed by atoms with Gasteiger partial charge in [-0.1, -0.05) is 18.2 Å². The average molecular weight is 318 g/mol. The van der Waals surface area contributed by atoms with Crippen LogP contribution in [0.5, 0.6) is 0 Å². The maximum atomic E-state index is 12.7. The molecule has 24 heavy (non-hydrogen) atoms. The van der Waals surface area contributed by atoms with E-state index in [0.717, 1.165) is 0 Å². The molecule has 6 nitrogen and oxygen atoms in total. The second kappa shape index (κ2) is 6.05. The van der Waals surface area contributed by atoms with Crippen LogP contribution in [-0.4, -0.2) is 22.4 Å². The van der Waals surface area contributed by atoms with Crippen LogP contribution in [0.4, 0.5) is 5.69 Å². The zero-order chi connectivity index (χ0) is 17.3. The van der Waals surface area contributed by atoms with E-state index in [1.54, 1.807) is 38.1 Å². The van der Waals surface area contributed by atoms with Gasteiger partial charge in [0.05, 0.1) is 22.7 Å². The van der Waals surface area contributed by atoms with Gasteiger partial charge in [-0.05, 0) is 38.1 Å². The van der Waals surface area contributed by atoms with E-state index in [4.69, 9.17) is 5.26 Å². The van der Waals surface area contributed by atoms with Crippen LogP contribution in [0.2, 0.25) is 0 Å². The molecule has 0 radical (unpaired) electrons. The molecule has 0 N–H and O–H groups in total. The van der Waals surface area contributed by atoms with Crippen molar-refractivity contribution in [3.63, 3.8) is 0 Å². The molecule has 0 spiro atoms. The molecular weight excluding hydrogens is 304 g/mol. The van der Waals surface area contributed by atoms with Crippen molar-refractivity contribution in [3.05, 3.63) is 59.4 Å². The zero-order valence-corrected chi connectivity index (χ0v) is 13.2. The second-order valence-electron chi connectivity index (χ2n) is 5.47. The topological polar surface area (TPSA) is 86.4 Å². The van der Waals surface area contributed by atoms with E-state index in [1.165, 1.54) is 17.1 Å². The molecule has 1 aromatic heterocycles. The predicted molar refractivity (Wildman–Crippen MR) is 88.5 cm³/mol. The number of hydrogen-bond acceptors (Lipinski definition) is 5. The van der Waals surface area contributed by atoms with Gasteiger partial charge in [0, 0.05) is 0 Å². The number of hydrogen-bond donors (Lipinski definition) is 0. The lowest BCUT2D eigenvalue weighted by molar-refractivity contribution is -0.118. The number of carbonyl (C=O) groups excluding carboxylic acids is 2. The Hall–Kier alpha value is -3.33. The molecule has 1 amide bonds. The fraction of sp³-hybridized carbons (Fsp3) is 0.167. The summed E-state index contributed by atoms with van der Waals surface area (Å²) in [6.07, 6.45) is 0. The predicted octanol–water partition coefficient (Wildman–Crippen LogP) is 2.48. The Bertz CT molecular complexity index is 897. The Morgan fingerprint density at radius 2 is 1.88 bits per heavy atom. The largest absolute Gasteiger partial charge is 0.291 e. The average Bonchev–Trinajstić information content (AvgIpc) is 2.89. The minimum absolute atomic E-state index is 0.161. The third kappa shape index (κ3) is 2.57. The highest BCUT2D eigenvalue weighted by Gasteiger charge is 2.40. The van der Waals surface area contributed by atoms with Crippen LogP contribution in [0.25, 0.3) is 0 Å². The van der Waals surface area contributed by atoms with E-state index in [-0.39, 0.29) is 5.69 Å². The molecule has 0 unspecified atom stereocenters. The molecule has 1 atom stereocenters. The van der Waals surface area contributed by atoms with Crippen molar-refractivity contribution in [2.24, 2.45) is 11.0 Å². The fourth-order valence-electron chi connectivity index (χ4n) is 2.59. The summed E-state index contributed by atoms with van der Waals surface area (Å²) in [7, 11) is 0. The first-order chi connectivity index (χ1) is 11.5. The first-order valence-electron chi connectivity index (χ1n) is 7.39. The molecule has 1 aliphatic heterocycles. The summed E-state index contributed by atoms with van der Waals surface area (Å²) in [4.78, 5) is 29.5. The van der Waals surface area contributed by atoms with Crippen molar-refractivity contribution in [1.82, 2.24) is 4.98 Å². The number of rotatable bonds is 3. The van der Waals surface area contributed by atoms with Crippen LogP contribution < -0.4 is 5.01 Å². The molecular formula is C18H14N4O2. The number of Topliss-reactive ketones (excluding diaryl/α,β-unsaturated/α-hetero) is 1. The van der Waals surface area contributed by atoms with Crippen molar-refractivity contribution in [3.8, 4) is 6.07 Å². The van der Waals surface area contributed by atoms with Crippen LogP contribution in [0.15, 0.2) is 47.6 Å². The van der Waals surface area contributed by atoms with Crippen LogP contribution >= 0.6 is 0 Å². The summed E-state index contributed by atoms with van der Waals surface area (Å²) in [6.45, 7) is 3.31. The number of para-hydroxylation sites is 1. The van der Waals surface area contributed by atoms with Crippen molar-refractivity contribution in [1.29, 1.82) is 5.26 Å². The summed E-state index contributed by atoms with van der Waals surface area (Å²) in [5, 5.41) is 14.4. The summed E-state index contributed by atoms with van der Waals surface area (Å²) >= 11 is 0. The number of nitrogens with zero attached hydrogens (tertiary/aromatic N) is 4. The van der Waals surface area contributed by atoms with Crippen LogP contribution in [0.3, 0.4) is 0 Å². The number of anilines is 1. The highest BCUT2D eigenvalue weighted by atomic mass is 16.2. The SMILES string of the molecule is CC1=NN(c2ccccc2)C(=O)[C@H]1C(=O)c1ccc(C#N)c(C)n1. The Labute approximate surface area is 139 Å². The highest BCUT2D eigenvalue weighted by molar-refractivity contribution is 6.30. The first kappa shape index (κ1) is 15.6. The minimum atomic E-state index is -0.981. The van der Waals surface area contributed by atoms with E-state index in [0.29, 0.717) is 22.7 Å². The van der Waals surface area contributed by atoms with E-state index >= 15 is 0 Å². The Morgan fingerprint density at radius 3 is 2.50 bits per heavy atom. The van der Waals surface area contributed by atoms with E-state index in [1.807, 2.05) is 12.1 Å². The lowest BCUT2D eigenvalue weighted by Gasteiger charge is -2.13. The number of nitriles is 1. The number of benzene rings is 1. The van der Waals surface area contributed by atoms with E-state index < -0.39 is 17.6 Å². The number of aryl methyl sites for hydroxylation is 1. The lowest BCUT2D eigenvalue weighted by atomic mass is 9.96. The van der Waals surface area contributed by atoms with E-state index in [9.17, 15) is 9.59 Å². The number of ketones is 1. The van der Waals surface area contributed by atoms with Crippen LogP contribution in [0, 0.1) is 24.2 Å². The highest BCUT2D eigenvalue weighted by Crippen LogP contribution is 2.25. The molecule has 1 aliphatic rings. The summed E-state index contributed by atoms with van der Waals surface area (Å²) in [5.74, 6) is -1.79. The molecule has 0 saturated carbocycles. The van der Waals surface area contributed by atoms with Gasteiger partial charge in [-0.15, -0.1) is 0 Å². The van der Waals surface area contributed by atoms with Crippen molar-refractivity contribution < 1.29 is 9.59 Å². The maximum Gasteiger partial charge on any atom is 0.264 e. The molecule has 0 bridgehead atoms. The standard InChI is InChI=1S/C18H14N4O2/c1-11-13(10-19)8-9-15(20-11)17(23)16-12(2)21-22(18(16)24)14-6-4-3-5-7-14/h3-9,16H,1-2H3/t16-/m1/s1. The van der Waals surface area contributed by atoms with Gasteiger partial charge in [0.2, 0.25) is 0 Å². The third-order valence-electron chi connectivity index (χ3n) is 3.85. The maximum absolute atomic E-state index is 12.7. The normalized spacial score (nSPS) is 16.7. The second-order valence-corrected chi connectivity index (χ2v) is 5.47. The Morgan fingerprint density at radius 1 is 1.17 bits per heavy atom. The monoisotopic (exact) mass is 318 g/mol. The van der Waals surface area contributed by atoms with Gasteiger partial charge in [-0.25, -0.2) is 4.98 Å². The molecule has 2 heterocycles. The van der Waals surface area contributed by atoms with Gasteiger partial charge in [-0.2, -0.15) is 15.4 Å². The third-order valence-corrected chi connectivity index (χ3v) is 3.85. The van der Waals surface area contributed by atoms with Crippen molar-refractivity contribution >= 4 is 23.1 Å². The fourth-order valence-corrected chi connectivity index (χ4v) is 2.59. The quantitative estimate of drug-likeness (QED) is 0.642. The van der Waals surface area contributed by atoms with Gasteiger partial charge in [0.15, 0.2) is 5.78 Å². The molecule has 1 aromatic carbocycles. The number of aromatic nitrogens is 1. The van der Waals surface area contributed by atoms with Gasteiger partial charge >= 0.3 is 0 Å². The Kier molecular flexibility index (Phi) is 3.92. The summed E-state index contributed by atoms with van der Waals surface area (Å²) in [6, 6.07) is 14.0. The van der Waals surface area contributed by atoms with E-state index in [2.05, 4.69) is 10.1 Å². The van der Waals surface area contributed by atoms with Gasteiger partial charge in [0.25, 0.3) is 5.91 Å².